The van der Waals surface area contributed by atoms with E-state index >= 15 is 0 Å². The molecule has 3 aliphatic rings. The maximum absolute atomic E-state index is 14.4. The number of alkyl halides is 3. The minimum absolute atomic E-state index is 0.0327. The van der Waals surface area contributed by atoms with Crippen LogP contribution in [0.25, 0.3) is 23.2 Å². The zero-order valence-electron chi connectivity index (χ0n) is 29.7. The molecule has 1 aliphatic carbocycles. The molecule has 1 aromatic heterocycles. The van der Waals surface area contributed by atoms with E-state index in [9.17, 15) is 37.5 Å². The second kappa shape index (κ2) is 14.7. The lowest BCUT2D eigenvalue weighted by atomic mass is 10.0. The number of alkyl carbamates (subject to hydrolysis) is 1. The summed E-state index contributed by atoms with van der Waals surface area (Å²) < 4.78 is 47.5. The summed E-state index contributed by atoms with van der Waals surface area (Å²) in [5.74, 6) is -2.91. The number of carboxylic acid groups (broad SMARTS) is 1. The predicted octanol–water partition coefficient (Wildman–Crippen LogP) is 6.14. The summed E-state index contributed by atoms with van der Waals surface area (Å²) in [5, 5.41) is 24.5. The van der Waals surface area contributed by atoms with Crippen LogP contribution in [-0.2, 0) is 25.3 Å². The molecule has 2 fully saturated rings. The smallest absolute Gasteiger partial charge is 0.416 e. The number of aliphatic carboxylic acids is 1. The van der Waals surface area contributed by atoms with Gasteiger partial charge >= 0.3 is 18.2 Å². The minimum atomic E-state index is -4.67. The average molecular weight is 737 g/mol. The van der Waals surface area contributed by atoms with Crippen LogP contribution < -0.4 is 10.6 Å². The number of carbonyl (C=O) groups excluding carboxylic acids is 3. The standard InChI is InChI=1S/C38H43F3N6O6/c1-36(2,3)53-35(52)42-28-15-11-6-4-5-10-14-25-21-37(25,34(50)51)43-32(48)30-20-27(22-46(30)33(28)49)47-44-29-19-26(38(39,40)41)18-24(31(29)45-47)17-16-23-12-8-7-9-13-23/h7-10,12-14,16-19,25,27-28,30H,4-6,11,15,20-22H2,1-3H3,(H,42,52)(H,43,48)(H,50,51)/b14-10-,17-16+/t25-,27+,28+,30+,37-/m1/s1. The number of aromatic nitrogens is 3. The van der Waals surface area contributed by atoms with E-state index in [1.165, 1.54) is 15.8 Å². The van der Waals surface area contributed by atoms with E-state index in [-0.39, 0.29) is 42.4 Å². The van der Waals surface area contributed by atoms with Crippen molar-refractivity contribution in [3.8, 4) is 0 Å². The van der Waals surface area contributed by atoms with Gasteiger partial charge in [0, 0.05) is 24.4 Å². The Morgan fingerprint density at radius 1 is 1.06 bits per heavy atom. The molecule has 1 saturated heterocycles. The molecule has 12 nitrogen and oxygen atoms in total. The number of halogens is 3. The summed E-state index contributed by atoms with van der Waals surface area (Å²) in [5.41, 5.74) is -2.21. The van der Waals surface area contributed by atoms with Crippen LogP contribution in [0.1, 0.15) is 88.4 Å². The van der Waals surface area contributed by atoms with Gasteiger partial charge < -0.3 is 25.4 Å². The molecule has 1 saturated carbocycles. The molecule has 3 amide bonds. The first kappa shape index (κ1) is 37.5. The van der Waals surface area contributed by atoms with Gasteiger partial charge in [0.2, 0.25) is 11.8 Å². The molecular weight excluding hydrogens is 693 g/mol. The van der Waals surface area contributed by atoms with E-state index < -0.39 is 70.8 Å². The van der Waals surface area contributed by atoms with Crippen molar-refractivity contribution >= 4 is 47.1 Å². The molecule has 3 aromatic rings. The van der Waals surface area contributed by atoms with E-state index in [0.29, 0.717) is 12.8 Å². The van der Waals surface area contributed by atoms with Crippen molar-refractivity contribution in [1.29, 1.82) is 0 Å². The van der Waals surface area contributed by atoms with Crippen LogP contribution in [0, 0.1) is 5.92 Å². The van der Waals surface area contributed by atoms with Crippen molar-refractivity contribution in [2.45, 2.75) is 101 Å². The number of carboxylic acids is 1. The van der Waals surface area contributed by atoms with Crippen LogP contribution in [0.4, 0.5) is 18.0 Å². The lowest BCUT2D eigenvalue weighted by molar-refractivity contribution is -0.145. The van der Waals surface area contributed by atoms with Gasteiger partial charge in [-0.2, -0.15) is 28.2 Å². The third-order valence-electron chi connectivity index (χ3n) is 9.77. The van der Waals surface area contributed by atoms with Gasteiger partial charge in [-0.15, -0.1) is 0 Å². The van der Waals surface area contributed by atoms with Gasteiger partial charge in [0.15, 0.2) is 0 Å². The largest absolute Gasteiger partial charge is 0.479 e. The van der Waals surface area contributed by atoms with Crippen molar-refractivity contribution in [1.82, 2.24) is 30.5 Å². The molecule has 6 rings (SSSR count). The zero-order valence-corrected chi connectivity index (χ0v) is 29.7. The summed E-state index contributed by atoms with van der Waals surface area (Å²) in [6.07, 6.45) is 4.57. The van der Waals surface area contributed by atoms with Crippen molar-refractivity contribution in [2.75, 3.05) is 6.54 Å². The van der Waals surface area contributed by atoms with E-state index in [4.69, 9.17) is 4.74 Å². The average Bonchev–Trinajstić information content (AvgIpc) is 3.38. The summed E-state index contributed by atoms with van der Waals surface area (Å²) in [6, 6.07) is 7.89. The summed E-state index contributed by atoms with van der Waals surface area (Å²) in [6.45, 7) is 4.94. The fourth-order valence-electron chi connectivity index (χ4n) is 6.96. The lowest BCUT2D eigenvalue weighted by Crippen LogP contribution is -2.56. The Bertz CT molecular complexity index is 1940. The second-order valence-corrected chi connectivity index (χ2v) is 14.9. The van der Waals surface area contributed by atoms with Gasteiger partial charge in [0.25, 0.3) is 0 Å². The maximum atomic E-state index is 14.4. The quantitative estimate of drug-likeness (QED) is 0.209. The van der Waals surface area contributed by atoms with Crippen molar-refractivity contribution in [3.05, 3.63) is 71.3 Å². The molecule has 2 aromatic carbocycles. The van der Waals surface area contributed by atoms with Gasteiger partial charge in [-0.25, -0.2) is 9.59 Å². The summed E-state index contributed by atoms with van der Waals surface area (Å²) in [7, 11) is 0. The molecule has 0 bridgehead atoms. The number of rotatable bonds is 5. The molecule has 282 valence electrons. The second-order valence-electron chi connectivity index (χ2n) is 14.9. The van der Waals surface area contributed by atoms with Gasteiger partial charge in [-0.1, -0.05) is 67.5 Å². The van der Waals surface area contributed by atoms with Crippen LogP contribution in [0.3, 0.4) is 0 Å². The van der Waals surface area contributed by atoms with Crippen LogP contribution >= 0.6 is 0 Å². The van der Waals surface area contributed by atoms with Gasteiger partial charge in [-0.05, 0) is 64.2 Å². The fourth-order valence-corrected chi connectivity index (χ4v) is 6.96. The number of allylic oxidation sites excluding steroid dienone is 1. The van der Waals surface area contributed by atoms with Gasteiger partial charge in [-0.3, -0.25) is 9.59 Å². The third-order valence-corrected chi connectivity index (χ3v) is 9.77. The number of nitrogens with one attached hydrogen (secondary N) is 2. The Labute approximate surface area is 304 Å². The van der Waals surface area contributed by atoms with E-state index in [2.05, 4.69) is 20.8 Å². The molecule has 3 heterocycles. The molecule has 0 spiro atoms. The van der Waals surface area contributed by atoms with Gasteiger partial charge in [0.05, 0.1) is 11.6 Å². The van der Waals surface area contributed by atoms with Crippen LogP contribution in [-0.4, -0.2) is 78.6 Å². The number of fused-ring (bicyclic) bond motifs is 3. The van der Waals surface area contributed by atoms with Crippen LogP contribution in [0.5, 0.6) is 0 Å². The van der Waals surface area contributed by atoms with E-state index in [1.54, 1.807) is 57.2 Å². The van der Waals surface area contributed by atoms with Gasteiger partial charge in [0.1, 0.15) is 34.3 Å². The molecule has 53 heavy (non-hydrogen) atoms. The Morgan fingerprint density at radius 3 is 2.51 bits per heavy atom. The fraction of sp³-hybridized carbons (Fsp3) is 0.474. The summed E-state index contributed by atoms with van der Waals surface area (Å²) >= 11 is 0. The van der Waals surface area contributed by atoms with E-state index in [1.807, 2.05) is 12.1 Å². The monoisotopic (exact) mass is 736 g/mol. The Hall–Kier alpha value is -5.21. The molecular formula is C38H43F3N6O6. The number of amides is 3. The Kier molecular flexibility index (Phi) is 10.4. The number of ether oxygens (including phenoxy) is 1. The first-order valence-electron chi connectivity index (χ1n) is 17.8. The maximum Gasteiger partial charge on any atom is 0.416 e. The molecule has 0 radical (unpaired) electrons. The molecule has 5 atom stereocenters. The first-order valence-corrected chi connectivity index (χ1v) is 17.8. The molecule has 0 unspecified atom stereocenters. The first-order chi connectivity index (χ1) is 25.0. The van der Waals surface area contributed by atoms with Crippen molar-refractivity contribution in [2.24, 2.45) is 5.92 Å². The van der Waals surface area contributed by atoms with Crippen LogP contribution in [0.2, 0.25) is 0 Å². The third kappa shape index (κ3) is 8.55. The number of carbonyl (C=O) groups is 4. The SMILES string of the molecule is CC(C)(C)OC(=O)N[C@H]1CCCCC/C=C\[C@@H]2C[C@@]2(C(=O)O)NC(=O)[C@@H]2C[C@H](n3nc4cc(C(F)(F)F)cc(/C=C/c5ccccc5)c4n3)CN2C1=O. The Balaban J connectivity index is 1.37. The van der Waals surface area contributed by atoms with Crippen LogP contribution in [0.15, 0.2) is 54.6 Å². The van der Waals surface area contributed by atoms with Crippen molar-refractivity contribution in [3.63, 3.8) is 0 Å². The summed E-state index contributed by atoms with van der Waals surface area (Å²) in [4.78, 5) is 56.3. The highest BCUT2D eigenvalue weighted by molar-refractivity contribution is 5.96. The topological polar surface area (TPSA) is 156 Å². The van der Waals surface area contributed by atoms with E-state index in [0.717, 1.165) is 30.5 Å². The highest BCUT2D eigenvalue weighted by Gasteiger charge is 2.61. The highest BCUT2D eigenvalue weighted by atomic mass is 19.4. The lowest BCUT2D eigenvalue weighted by Gasteiger charge is -2.30. The number of nitrogens with zero attached hydrogens (tertiary/aromatic N) is 4. The predicted molar refractivity (Wildman–Crippen MR) is 189 cm³/mol. The van der Waals surface area contributed by atoms with Crippen molar-refractivity contribution < 1.29 is 42.2 Å². The molecule has 15 heteroatoms. The minimum Gasteiger partial charge on any atom is -0.479 e. The number of benzene rings is 2. The normalized spacial score (nSPS) is 26.3. The Morgan fingerprint density at radius 2 is 1.81 bits per heavy atom. The molecule has 2 aliphatic heterocycles. The number of hydrogen-bond donors (Lipinski definition) is 3. The molecule has 3 N–H and O–H groups in total. The highest BCUT2D eigenvalue weighted by Crippen LogP contribution is 2.45. The number of hydrogen-bond acceptors (Lipinski definition) is 7. The zero-order chi connectivity index (χ0) is 38.1.